The molecule has 0 radical (unpaired) electrons. The first-order valence-corrected chi connectivity index (χ1v) is 13.7. The molecule has 0 fully saturated rings. The minimum atomic E-state index is -1.07. The molecule has 0 aliphatic carbocycles. The summed E-state index contributed by atoms with van der Waals surface area (Å²) < 4.78 is 11.1. The molecular formula is C29H41Cl2N5O5. The van der Waals surface area contributed by atoms with E-state index in [9.17, 15) is 9.59 Å². The quantitative estimate of drug-likeness (QED) is 0.185. The lowest BCUT2D eigenvalue weighted by atomic mass is 10.1. The van der Waals surface area contributed by atoms with Crippen LogP contribution in [0, 0.1) is 12.3 Å². The summed E-state index contributed by atoms with van der Waals surface area (Å²) in [7, 11) is 0. The molecule has 41 heavy (non-hydrogen) atoms. The van der Waals surface area contributed by atoms with Gasteiger partial charge in [0.25, 0.3) is 5.91 Å². The van der Waals surface area contributed by atoms with E-state index in [2.05, 4.69) is 31.8 Å². The van der Waals surface area contributed by atoms with E-state index in [1.165, 1.54) is 18.5 Å². The number of nitrogens with one attached hydrogen (secondary N) is 3. The van der Waals surface area contributed by atoms with Gasteiger partial charge in [-0.3, -0.25) is 4.79 Å². The standard InChI is InChI=1S/C17H24ClN3O2.C12H17ClN2O3/c1-7-17(5,6)21-15(22)13-10-12(18)11-20-14(13)19-8-9-23-16(2,3)4;1-12(2,3)18-5-4-14-10-9(11(16)17)6-8(13)7-15-10/h1,10-11H,8-9H2,2-6H3,(H,19,20)(H,21,22);6-7H,4-5H2,1-3H3,(H,14,15)(H,16,17). The normalized spacial score (nSPS) is 11.5. The molecule has 0 aliphatic rings. The van der Waals surface area contributed by atoms with Crippen molar-refractivity contribution in [1.29, 1.82) is 0 Å². The van der Waals surface area contributed by atoms with Crippen molar-refractivity contribution >= 4 is 46.7 Å². The van der Waals surface area contributed by atoms with Gasteiger partial charge in [0, 0.05) is 25.5 Å². The minimum Gasteiger partial charge on any atom is -0.478 e. The number of halogens is 2. The number of hydrogen-bond donors (Lipinski definition) is 4. The van der Waals surface area contributed by atoms with Crippen LogP contribution in [0.1, 0.15) is 76.1 Å². The number of aromatic nitrogens is 2. The Morgan fingerprint density at radius 3 is 1.66 bits per heavy atom. The Morgan fingerprint density at radius 1 is 0.854 bits per heavy atom. The van der Waals surface area contributed by atoms with Gasteiger partial charge in [0.1, 0.15) is 17.2 Å². The lowest BCUT2D eigenvalue weighted by Gasteiger charge is -2.21. The Morgan fingerprint density at radius 2 is 1.27 bits per heavy atom. The zero-order chi connectivity index (χ0) is 31.4. The number of amides is 1. The van der Waals surface area contributed by atoms with Crippen LogP contribution >= 0.6 is 23.2 Å². The van der Waals surface area contributed by atoms with Crippen molar-refractivity contribution in [2.24, 2.45) is 0 Å². The highest BCUT2D eigenvalue weighted by Gasteiger charge is 2.21. The van der Waals surface area contributed by atoms with Crippen LogP contribution in [0.3, 0.4) is 0 Å². The average Bonchev–Trinajstić information content (AvgIpc) is 2.84. The Labute approximate surface area is 252 Å². The molecule has 0 unspecified atom stereocenters. The van der Waals surface area contributed by atoms with Crippen molar-refractivity contribution in [3.8, 4) is 12.3 Å². The van der Waals surface area contributed by atoms with Crippen molar-refractivity contribution in [2.45, 2.75) is 72.1 Å². The number of hydrogen-bond acceptors (Lipinski definition) is 8. The van der Waals surface area contributed by atoms with Crippen LogP contribution in [0.2, 0.25) is 10.0 Å². The predicted octanol–water partition coefficient (Wildman–Crippen LogP) is 5.76. The number of terminal acetylenes is 1. The molecule has 0 saturated heterocycles. The summed E-state index contributed by atoms with van der Waals surface area (Å²) in [6.07, 6.45) is 8.29. The monoisotopic (exact) mass is 609 g/mol. The number of carbonyl (C=O) groups excluding carboxylic acids is 1. The summed E-state index contributed by atoms with van der Waals surface area (Å²) in [6, 6.07) is 2.92. The predicted molar refractivity (Wildman–Crippen MR) is 164 cm³/mol. The fourth-order valence-corrected chi connectivity index (χ4v) is 3.25. The second-order valence-corrected chi connectivity index (χ2v) is 12.3. The first kappa shape index (κ1) is 35.9. The van der Waals surface area contributed by atoms with E-state index in [4.69, 9.17) is 44.2 Å². The van der Waals surface area contributed by atoms with Gasteiger partial charge in [-0.15, -0.1) is 6.42 Å². The van der Waals surface area contributed by atoms with Crippen LogP contribution in [-0.2, 0) is 9.47 Å². The molecule has 2 aromatic rings. The third kappa shape index (κ3) is 14.9. The molecule has 0 aliphatic heterocycles. The number of carboxylic acids is 1. The van der Waals surface area contributed by atoms with Crippen LogP contribution in [0.5, 0.6) is 0 Å². The highest BCUT2D eigenvalue weighted by Crippen LogP contribution is 2.19. The van der Waals surface area contributed by atoms with Gasteiger partial charge in [-0.25, -0.2) is 14.8 Å². The third-order valence-corrected chi connectivity index (χ3v) is 5.24. The van der Waals surface area contributed by atoms with E-state index >= 15 is 0 Å². The van der Waals surface area contributed by atoms with Crippen LogP contribution in [0.25, 0.3) is 0 Å². The molecule has 0 aromatic carbocycles. The Balaban J connectivity index is 0.000000422. The first-order chi connectivity index (χ1) is 18.8. The van der Waals surface area contributed by atoms with E-state index in [0.717, 1.165) is 0 Å². The molecule has 0 saturated carbocycles. The highest BCUT2D eigenvalue weighted by molar-refractivity contribution is 6.31. The van der Waals surface area contributed by atoms with Crippen LogP contribution < -0.4 is 16.0 Å². The molecule has 2 heterocycles. The van der Waals surface area contributed by atoms with Gasteiger partial charge < -0.3 is 30.5 Å². The zero-order valence-electron chi connectivity index (χ0n) is 24.9. The van der Waals surface area contributed by atoms with Crippen LogP contribution in [0.4, 0.5) is 11.6 Å². The molecule has 2 aromatic heterocycles. The number of ether oxygens (including phenoxy) is 2. The van der Waals surface area contributed by atoms with Crippen molar-refractivity contribution in [2.75, 3.05) is 36.9 Å². The number of carboxylic acid groups (broad SMARTS) is 1. The Bertz CT molecular complexity index is 1220. The fourth-order valence-electron chi connectivity index (χ4n) is 2.94. The molecule has 4 N–H and O–H groups in total. The maximum Gasteiger partial charge on any atom is 0.339 e. The third-order valence-electron chi connectivity index (χ3n) is 4.83. The van der Waals surface area contributed by atoms with E-state index < -0.39 is 11.5 Å². The topological polar surface area (TPSA) is 135 Å². The van der Waals surface area contributed by atoms with Gasteiger partial charge in [-0.1, -0.05) is 29.1 Å². The summed E-state index contributed by atoms with van der Waals surface area (Å²) in [4.78, 5) is 31.5. The molecule has 12 heteroatoms. The minimum absolute atomic E-state index is 0.0539. The molecule has 0 atom stereocenters. The lowest BCUT2D eigenvalue weighted by molar-refractivity contribution is 0.00294. The maximum atomic E-state index is 12.4. The molecule has 226 valence electrons. The number of rotatable bonds is 11. The second-order valence-electron chi connectivity index (χ2n) is 11.4. The van der Waals surface area contributed by atoms with E-state index in [1.807, 2.05) is 41.5 Å². The van der Waals surface area contributed by atoms with Crippen molar-refractivity contribution in [3.63, 3.8) is 0 Å². The summed E-state index contributed by atoms with van der Waals surface area (Å²) in [5.41, 5.74) is -0.794. The van der Waals surface area contributed by atoms with Crippen molar-refractivity contribution in [3.05, 3.63) is 45.7 Å². The summed E-state index contributed by atoms with van der Waals surface area (Å²) in [5, 5.41) is 18.4. The molecule has 10 nitrogen and oxygen atoms in total. The number of pyridine rings is 2. The number of carbonyl (C=O) groups is 2. The van der Waals surface area contributed by atoms with Crippen LogP contribution in [-0.4, -0.2) is 70.0 Å². The van der Waals surface area contributed by atoms with Crippen molar-refractivity contribution in [1.82, 2.24) is 15.3 Å². The van der Waals surface area contributed by atoms with Crippen molar-refractivity contribution < 1.29 is 24.2 Å². The molecule has 1 amide bonds. The lowest BCUT2D eigenvalue weighted by Crippen LogP contribution is -2.42. The number of nitrogens with zero attached hydrogens (tertiary/aromatic N) is 2. The largest absolute Gasteiger partial charge is 0.478 e. The maximum absolute atomic E-state index is 12.4. The molecular weight excluding hydrogens is 569 g/mol. The number of aromatic carboxylic acids is 1. The highest BCUT2D eigenvalue weighted by atomic mass is 35.5. The van der Waals surface area contributed by atoms with Gasteiger partial charge in [0.15, 0.2) is 0 Å². The van der Waals surface area contributed by atoms with Gasteiger partial charge in [0.05, 0.1) is 45.6 Å². The van der Waals surface area contributed by atoms with Gasteiger partial charge in [0.2, 0.25) is 0 Å². The molecule has 0 spiro atoms. The Kier molecular flexibility index (Phi) is 13.8. The average molecular weight is 611 g/mol. The van der Waals surface area contributed by atoms with E-state index in [-0.39, 0.29) is 22.7 Å². The van der Waals surface area contributed by atoms with Gasteiger partial charge in [-0.2, -0.15) is 0 Å². The van der Waals surface area contributed by atoms with Gasteiger partial charge >= 0.3 is 5.97 Å². The Hall–Kier alpha value is -3.10. The second kappa shape index (κ2) is 15.8. The number of anilines is 2. The SMILES string of the molecule is C#CC(C)(C)NC(=O)c1cc(Cl)cnc1NCCOC(C)(C)C.CC(C)(C)OCCNc1ncc(Cl)cc1C(=O)O. The first-order valence-electron chi connectivity index (χ1n) is 12.9. The van der Waals surface area contributed by atoms with E-state index in [0.29, 0.717) is 53.5 Å². The summed E-state index contributed by atoms with van der Waals surface area (Å²) in [5.74, 6) is 1.86. The van der Waals surface area contributed by atoms with E-state index in [1.54, 1.807) is 19.9 Å². The summed E-state index contributed by atoms with van der Waals surface area (Å²) in [6.45, 7) is 17.2. The molecule has 0 bridgehead atoms. The van der Waals surface area contributed by atoms with Crippen LogP contribution in [0.15, 0.2) is 24.5 Å². The smallest absolute Gasteiger partial charge is 0.339 e. The zero-order valence-corrected chi connectivity index (χ0v) is 26.5. The molecule has 2 rings (SSSR count). The van der Waals surface area contributed by atoms with Gasteiger partial charge in [-0.05, 0) is 67.5 Å². The summed E-state index contributed by atoms with van der Waals surface area (Å²) >= 11 is 11.7. The fraction of sp³-hybridized carbons (Fsp3) is 0.517.